The van der Waals surface area contributed by atoms with Crippen LogP contribution in [-0.4, -0.2) is 33.1 Å². The van der Waals surface area contributed by atoms with Crippen LogP contribution in [0.3, 0.4) is 0 Å². The van der Waals surface area contributed by atoms with E-state index in [1.807, 2.05) is 19.9 Å². The monoisotopic (exact) mass is 420 g/mol. The normalized spacial score (nSPS) is 14.2. The van der Waals surface area contributed by atoms with Crippen LogP contribution in [0.25, 0.3) is 11.4 Å². The fourth-order valence-electron chi connectivity index (χ4n) is 3.00. The van der Waals surface area contributed by atoms with E-state index in [2.05, 4.69) is 31.1 Å². The van der Waals surface area contributed by atoms with Gasteiger partial charge in [-0.05, 0) is 55.2 Å². The molecular weight excluding hydrogens is 396 g/mol. The number of anilines is 1. The molecule has 9 nitrogen and oxygen atoms in total. The highest BCUT2D eigenvalue weighted by Gasteiger charge is 2.26. The van der Waals surface area contributed by atoms with E-state index in [0.29, 0.717) is 23.0 Å². The van der Waals surface area contributed by atoms with Gasteiger partial charge in [-0.25, -0.2) is 4.79 Å². The number of urea groups is 1. The second-order valence-electron chi connectivity index (χ2n) is 7.84. The van der Waals surface area contributed by atoms with Crippen molar-refractivity contribution < 1.29 is 14.1 Å². The van der Waals surface area contributed by atoms with Crippen molar-refractivity contribution in [2.24, 2.45) is 5.92 Å². The van der Waals surface area contributed by atoms with Crippen LogP contribution < -0.4 is 16.0 Å². The maximum absolute atomic E-state index is 12.8. The summed E-state index contributed by atoms with van der Waals surface area (Å²) in [6.07, 6.45) is 5.36. The Morgan fingerprint density at radius 3 is 2.55 bits per heavy atom. The Balaban J connectivity index is 1.41. The Hall–Kier alpha value is -3.75. The van der Waals surface area contributed by atoms with Crippen molar-refractivity contribution in [1.29, 1.82) is 0 Å². The summed E-state index contributed by atoms with van der Waals surface area (Å²) < 4.78 is 5.42. The number of benzene rings is 1. The summed E-state index contributed by atoms with van der Waals surface area (Å²) in [5.41, 5.74) is 1.82. The first-order valence-corrected chi connectivity index (χ1v) is 10.2. The minimum atomic E-state index is -0.451. The molecule has 1 aromatic carbocycles. The third-order valence-corrected chi connectivity index (χ3v) is 4.90. The van der Waals surface area contributed by atoms with Crippen molar-refractivity contribution in [3.05, 3.63) is 60.2 Å². The molecular formula is C22H24N6O3. The van der Waals surface area contributed by atoms with Crippen LogP contribution in [0.15, 0.2) is 53.3 Å². The van der Waals surface area contributed by atoms with Crippen molar-refractivity contribution in [3.63, 3.8) is 0 Å². The second kappa shape index (κ2) is 8.95. The maximum Gasteiger partial charge on any atom is 0.319 e. The zero-order valence-electron chi connectivity index (χ0n) is 17.3. The van der Waals surface area contributed by atoms with E-state index < -0.39 is 6.04 Å². The minimum Gasteiger partial charge on any atom is -0.340 e. The lowest BCUT2D eigenvalue weighted by Gasteiger charge is -2.18. The Labute approximate surface area is 179 Å². The summed E-state index contributed by atoms with van der Waals surface area (Å²) in [6, 6.07) is 9.93. The average molecular weight is 420 g/mol. The fraction of sp³-hybridized carbons (Fsp3) is 0.318. The smallest absolute Gasteiger partial charge is 0.319 e. The van der Waals surface area contributed by atoms with Gasteiger partial charge in [0.05, 0.1) is 0 Å². The van der Waals surface area contributed by atoms with Gasteiger partial charge in [0.1, 0.15) is 6.04 Å². The summed E-state index contributed by atoms with van der Waals surface area (Å²) in [7, 11) is 0. The van der Waals surface area contributed by atoms with Gasteiger partial charge in [0, 0.05) is 35.2 Å². The summed E-state index contributed by atoms with van der Waals surface area (Å²) in [6.45, 7) is 3.93. The molecule has 0 saturated heterocycles. The molecule has 1 aliphatic rings. The van der Waals surface area contributed by atoms with Crippen molar-refractivity contribution in [1.82, 2.24) is 25.8 Å². The first-order chi connectivity index (χ1) is 15.0. The van der Waals surface area contributed by atoms with E-state index in [4.69, 9.17) is 4.52 Å². The van der Waals surface area contributed by atoms with Crippen molar-refractivity contribution in [2.45, 2.75) is 38.8 Å². The van der Waals surface area contributed by atoms with Crippen molar-refractivity contribution in [3.8, 4) is 11.4 Å². The zero-order valence-corrected chi connectivity index (χ0v) is 17.3. The van der Waals surface area contributed by atoms with E-state index in [0.717, 1.165) is 18.4 Å². The van der Waals surface area contributed by atoms with E-state index in [9.17, 15) is 9.59 Å². The third kappa shape index (κ3) is 5.25. The first kappa shape index (κ1) is 20.5. The number of rotatable bonds is 7. The Morgan fingerprint density at radius 2 is 1.90 bits per heavy atom. The van der Waals surface area contributed by atoms with Gasteiger partial charge in [0.15, 0.2) is 0 Å². The Kier molecular flexibility index (Phi) is 5.92. The minimum absolute atomic E-state index is 0.0261. The van der Waals surface area contributed by atoms with Gasteiger partial charge in [-0.1, -0.05) is 19.0 Å². The molecule has 0 radical (unpaired) electrons. The summed E-state index contributed by atoms with van der Waals surface area (Å²) in [4.78, 5) is 33.1. The molecule has 4 rings (SSSR count). The molecule has 0 aliphatic heterocycles. The first-order valence-electron chi connectivity index (χ1n) is 10.2. The molecule has 0 spiro atoms. The largest absolute Gasteiger partial charge is 0.340 e. The molecule has 3 N–H and O–H groups in total. The highest BCUT2D eigenvalue weighted by molar-refractivity contribution is 5.95. The number of aromatic nitrogens is 3. The summed E-state index contributed by atoms with van der Waals surface area (Å²) in [5, 5.41) is 12.6. The molecule has 2 heterocycles. The van der Waals surface area contributed by atoms with Crippen LogP contribution in [0.4, 0.5) is 10.5 Å². The SMILES string of the molecule is CC(C)C(NC(=O)c1ccc(NC(=O)NC2CC2)cc1)c1nc(-c2cccnc2)no1. The molecule has 1 aliphatic carbocycles. The van der Waals surface area contributed by atoms with Crippen LogP contribution >= 0.6 is 0 Å². The fourth-order valence-corrected chi connectivity index (χ4v) is 3.00. The lowest BCUT2D eigenvalue weighted by molar-refractivity contribution is 0.0914. The molecule has 160 valence electrons. The van der Waals surface area contributed by atoms with Crippen molar-refractivity contribution >= 4 is 17.6 Å². The number of hydrogen-bond donors (Lipinski definition) is 3. The standard InChI is InChI=1S/C22H24N6O3/c1-13(2)18(21-27-19(28-31-21)15-4-3-11-23-12-15)26-20(29)14-5-7-16(8-6-14)24-22(30)25-17-9-10-17/h3-8,11-13,17-18H,9-10H2,1-2H3,(H,26,29)(H2,24,25,30). The second-order valence-corrected chi connectivity index (χ2v) is 7.84. The lowest BCUT2D eigenvalue weighted by Crippen LogP contribution is -2.32. The van der Waals surface area contributed by atoms with Gasteiger partial charge in [-0.2, -0.15) is 4.98 Å². The van der Waals surface area contributed by atoms with Gasteiger partial charge in [0.25, 0.3) is 5.91 Å². The van der Waals surface area contributed by atoms with E-state index in [1.165, 1.54) is 0 Å². The van der Waals surface area contributed by atoms with E-state index in [1.54, 1.807) is 42.7 Å². The maximum atomic E-state index is 12.8. The molecule has 1 fully saturated rings. The predicted molar refractivity (Wildman–Crippen MR) is 114 cm³/mol. The number of hydrogen-bond acceptors (Lipinski definition) is 6. The Bertz CT molecular complexity index is 1040. The molecule has 0 bridgehead atoms. The quantitative estimate of drug-likeness (QED) is 0.537. The van der Waals surface area contributed by atoms with E-state index >= 15 is 0 Å². The van der Waals surface area contributed by atoms with Gasteiger partial charge in [0.2, 0.25) is 11.7 Å². The van der Waals surface area contributed by atoms with Crippen molar-refractivity contribution in [2.75, 3.05) is 5.32 Å². The number of amides is 3. The lowest BCUT2D eigenvalue weighted by atomic mass is 10.0. The van der Waals surface area contributed by atoms with Crippen LogP contribution in [0, 0.1) is 5.92 Å². The molecule has 2 aromatic heterocycles. The number of carbonyl (C=O) groups is 2. The summed E-state index contributed by atoms with van der Waals surface area (Å²) in [5.74, 6) is 0.507. The molecule has 1 saturated carbocycles. The molecule has 9 heteroatoms. The van der Waals surface area contributed by atoms with Gasteiger partial charge in [-0.15, -0.1) is 0 Å². The highest BCUT2D eigenvalue weighted by atomic mass is 16.5. The predicted octanol–water partition coefficient (Wildman–Crippen LogP) is 3.54. The molecule has 3 aromatic rings. The molecule has 1 unspecified atom stereocenters. The van der Waals surface area contributed by atoms with Gasteiger partial charge in [-0.3, -0.25) is 9.78 Å². The van der Waals surface area contributed by atoms with Crippen LogP contribution in [-0.2, 0) is 0 Å². The molecule has 31 heavy (non-hydrogen) atoms. The topological polar surface area (TPSA) is 122 Å². The number of nitrogens with zero attached hydrogens (tertiary/aromatic N) is 3. The zero-order chi connectivity index (χ0) is 21.8. The molecule has 1 atom stereocenters. The third-order valence-electron chi connectivity index (χ3n) is 4.90. The van der Waals surface area contributed by atoms with E-state index in [-0.39, 0.29) is 23.9 Å². The van der Waals surface area contributed by atoms with Crippen LogP contribution in [0.5, 0.6) is 0 Å². The number of pyridine rings is 1. The number of nitrogens with one attached hydrogen (secondary N) is 3. The van der Waals surface area contributed by atoms with Crippen LogP contribution in [0.1, 0.15) is 49.0 Å². The number of carbonyl (C=O) groups excluding carboxylic acids is 2. The summed E-state index contributed by atoms with van der Waals surface area (Å²) >= 11 is 0. The Morgan fingerprint density at radius 1 is 1.13 bits per heavy atom. The molecule has 3 amide bonds. The van der Waals surface area contributed by atoms with Crippen LogP contribution in [0.2, 0.25) is 0 Å². The van der Waals surface area contributed by atoms with Gasteiger partial charge < -0.3 is 20.5 Å². The average Bonchev–Trinajstić information content (AvgIpc) is 3.44. The van der Waals surface area contributed by atoms with Gasteiger partial charge >= 0.3 is 6.03 Å². The highest BCUT2D eigenvalue weighted by Crippen LogP contribution is 2.24.